The summed E-state index contributed by atoms with van der Waals surface area (Å²) in [5.74, 6) is 0.848. The van der Waals surface area contributed by atoms with Crippen LogP contribution in [0.1, 0.15) is 92.9 Å². The molecule has 282 valence electrons. The molecule has 5 N–H and O–H groups in total. The summed E-state index contributed by atoms with van der Waals surface area (Å²) in [5.41, 5.74) is 1.69. The van der Waals surface area contributed by atoms with E-state index in [9.17, 15) is 24.9 Å². The Kier molecular flexibility index (Phi) is 12.0. The van der Waals surface area contributed by atoms with Crippen LogP contribution in [0.3, 0.4) is 0 Å². The van der Waals surface area contributed by atoms with Gasteiger partial charge < -0.3 is 39.7 Å². The van der Waals surface area contributed by atoms with Gasteiger partial charge in [-0.15, -0.1) is 0 Å². The number of benzene rings is 3. The third kappa shape index (κ3) is 9.36. The summed E-state index contributed by atoms with van der Waals surface area (Å²) in [6.07, 6.45) is 6.51. The smallest absolute Gasteiger partial charge is 0.410 e. The number of thiazole rings is 1. The maximum atomic E-state index is 13.5. The number of rotatable bonds is 14. The number of carbonyl (C=O) groups is 1. The summed E-state index contributed by atoms with van der Waals surface area (Å²) < 4.78 is 12.6. The number of phenols is 1. The van der Waals surface area contributed by atoms with E-state index in [0.717, 1.165) is 60.1 Å². The number of nitrogens with one attached hydrogen (secondary N) is 2. The molecule has 1 aliphatic carbocycles. The molecule has 0 saturated heterocycles. The second kappa shape index (κ2) is 16.7. The predicted molar refractivity (Wildman–Crippen MR) is 205 cm³/mol. The lowest BCUT2D eigenvalue weighted by molar-refractivity contribution is -0.0240. The number of amides is 1. The highest BCUT2D eigenvalue weighted by molar-refractivity contribution is 7.16. The molecule has 1 unspecified atom stereocenters. The van der Waals surface area contributed by atoms with Gasteiger partial charge in [-0.05, 0) is 69.3 Å². The van der Waals surface area contributed by atoms with Crippen molar-refractivity contribution >= 4 is 27.6 Å². The number of ether oxygens (including phenoxy) is 1. The summed E-state index contributed by atoms with van der Waals surface area (Å²) in [6, 6.07) is 20.8. The standard InChI is InChI=1S/C41H50N4O7S/c1-40(2,3)52-39(49)45(22-20-31-24-43-37(51-31)41(50,29-13-6-4-7-14-29)30-15-8-5-9-16-30)26-28-12-10-11-27(23-28)19-21-42-25-34(47)32-17-18-33(46)35-36(32)53-38(48)44-35/h4,6-7,10-14,17-18,23-24,30,34,42,46-47,50H,5,8-9,15-16,19-22,25-26H2,1-3H3,(H,44,48)/t34-,41?/m1/s1. The van der Waals surface area contributed by atoms with Crippen molar-refractivity contribution < 1.29 is 29.3 Å². The van der Waals surface area contributed by atoms with Crippen molar-refractivity contribution in [3.8, 4) is 5.75 Å². The quantitative estimate of drug-likeness (QED) is 0.0759. The van der Waals surface area contributed by atoms with Crippen LogP contribution in [0.25, 0.3) is 10.2 Å². The largest absolute Gasteiger partial charge is 0.506 e. The van der Waals surface area contributed by atoms with Gasteiger partial charge in [0.15, 0.2) is 5.60 Å². The number of nitrogens with zero attached hydrogens (tertiary/aromatic N) is 2. The Morgan fingerprint density at radius 3 is 2.57 bits per heavy atom. The monoisotopic (exact) mass is 742 g/mol. The number of carbonyl (C=O) groups excluding carboxylic acids is 1. The van der Waals surface area contributed by atoms with E-state index in [2.05, 4.69) is 21.4 Å². The van der Waals surface area contributed by atoms with E-state index < -0.39 is 23.4 Å². The fourth-order valence-corrected chi connectivity index (χ4v) is 8.06. The lowest BCUT2D eigenvalue weighted by atomic mass is 9.73. The van der Waals surface area contributed by atoms with Gasteiger partial charge in [0.05, 0.1) is 17.0 Å². The Hall–Kier alpha value is -4.49. The highest BCUT2D eigenvalue weighted by Crippen LogP contribution is 2.43. The first-order valence-electron chi connectivity index (χ1n) is 18.4. The Morgan fingerprint density at radius 2 is 1.81 bits per heavy atom. The van der Waals surface area contributed by atoms with Gasteiger partial charge in [0.25, 0.3) is 0 Å². The van der Waals surface area contributed by atoms with Crippen LogP contribution in [0.15, 0.2) is 82.1 Å². The topological polar surface area (TPSA) is 161 Å². The fourth-order valence-electron chi connectivity index (χ4n) is 7.14. The number of aromatic hydroxyl groups is 1. The van der Waals surface area contributed by atoms with E-state index in [1.165, 1.54) is 6.07 Å². The molecule has 1 fully saturated rings. The molecule has 0 aliphatic heterocycles. The molecule has 6 rings (SSSR count). The summed E-state index contributed by atoms with van der Waals surface area (Å²) >= 11 is 0.963. The minimum atomic E-state index is -1.33. The van der Waals surface area contributed by atoms with Gasteiger partial charge in [0, 0.05) is 37.5 Å². The van der Waals surface area contributed by atoms with Crippen LogP contribution in [-0.4, -0.2) is 61.5 Å². The average molecular weight is 743 g/mol. The molecule has 0 bridgehead atoms. The van der Waals surface area contributed by atoms with Crippen LogP contribution >= 0.6 is 11.3 Å². The predicted octanol–water partition coefficient (Wildman–Crippen LogP) is 6.94. The maximum absolute atomic E-state index is 13.5. The van der Waals surface area contributed by atoms with Crippen molar-refractivity contribution in [3.05, 3.63) is 116 Å². The lowest BCUT2D eigenvalue weighted by Gasteiger charge is -2.36. The number of phenolic OH excluding ortho intramolecular Hbond substituents is 1. The number of aromatic amines is 1. The zero-order chi connectivity index (χ0) is 37.6. The van der Waals surface area contributed by atoms with Gasteiger partial charge >= 0.3 is 11.0 Å². The molecule has 1 saturated carbocycles. The van der Waals surface area contributed by atoms with E-state index in [0.29, 0.717) is 59.9 Å². The second-order valence-corrected chi connectivity index (χ2v) is 15.9. The van der Waals surface area contributed by atoms with Crippen LogP contribution < -0.4 is 10.2 Å². The highest BCUT2D eigenvalue weighted by Gasteiger charge is 2.44. The van der Waals surface area contributed by atoms with Crippen molar-refractivity contribution in [2.24, 2.45) is 5.92 Å². The van der Waals surface area contributed by atoms with Crippen molar-refractivity contribution in [3.63, 3.8) is 0 Å². The maximum Gasteiger partial charge on any atom is 0.410 e. The van der Waals surface area contributed by atoms with Crippen molar-refractivity contribution in [2.45, 2.75) is 89.6 Å². The normalized spacial score (nSPS) is 15.6. The summed E-state index contributed by atoms with van der Waals surface area (Å²) in [6.45, 7) is 7.03. The van der Waals surface area contributed by atoms with Crippen LogP contribution in [-0.2, 0) is 29.7 Å². The molecule has 1 amide bonds. The van der Waals surface area contributed by atoms with Crippen LogP contribution in [0.4, 0.5) is 4.79 Å². The Morgan fingerprint density at radius 1 is 1.06 bits per heavy atom. The SMILES string of the molecule is CC(C)(C)OC(=O)N(CCc1cnc(C(O)(c2ccccc2)C2CCCCC2)o1)Cc1cccc(CCNC[C@@H](O)c2ccc(O)c3[nH]c(=O)sc23)c1. The first-order chi connectivity index (χ1) is 25.4. The minimum absolute atomic E-state index is 0.000509. The zero-order valence-corrected chi connectivity index (χ0v) is 31.5. The molecule has 3 aromatic carbocycles. The molecule has 0 radical (unpaired) electrons. The molecule has 0 spiro atoms. The van der Waals surface area contributed by atoms with Gasteiger partial charge in [-0.2, -0.15) is 0 Å². The van der Waals surface area contributed by atoms with Gasteiger partial charge in [0.1, 0.15) is 22.6 Å². The Balaban J connectivity index is 1.10. The van der Waals surface area contributed by atoms with Crippen LogP contribution in [0.2, 0.25) is 0 Å². The van der Waals surface area contributed by atoms with E-state index in [1.54, 1.807) is 17.2 Å². The molecule has 11 nitrogen and oxygen atoms in total. The first-order valence-corrected chi connectivity index (χ1v) is 19.2. The molecular weight excluding hydrogens is 693 g/mol. The first kappa shape index (κ1) is 38.2. The fraction of sp³-hybridized carbons (Fsp3) is 0.439. The number of hydrogen-bond donors (Lipinski definition) is 5. The van der Waals surface area contributed by atoms with E-state index >= 15 is 0 Å². The Labute approximate surface area is 313 Å². The number of H-pyrrole nitrogens is 1. The third-order valence-corrected chi connectivity index (χ3v) is 10.7. The molecule has 2 atom stereocenters. The van der Waals surface area contributed by atoms with E-state index in [1.807, 2.05) is 69.3 Å². The lowest BCUT2D eigenvalue weighted by Crippen LogP contribution is -2.38. The molecule has 2 aromatic heterocycles. The van der Waals surface area contributed by atoms with Crippen LogP contribution in [0.5, 0.6) is 5.75 Å². The van der Waals surface area contributed by atoms with Gasteiger partial charge in [-0.3, -0.25) is 4.79 Å². The summed E-state index contributed by atoms with van der Waals surface area (Å²) in [4.78, 5) is 33.9. The second-order valence-electron chi connectivity index (χ2n) is 14.9. The third-order valence-electron chi connectivity index (χ3n) is 9.81. The number of oxazole rings is 1. The van der Waals surface area contributed by atoms with Crippen LogP contribution in [0, 0.1) is 5.92 Å². The highest BCUT2D eigenvalue weighted by atomic mass is 32.1. The van der Waals surface area contributed by atoms with Gasteiger partial charge in [0.2, 0.25) is 5.89 Å². The van der Waals surface area contributed by atoms with Crippen molar-refractivity contribution in [1.29, 1.82) is 0 Å². The number of aliphatic hydroxyl groups is 2. The zero-order valence-electron chi connectivity index (χ0n) is 30.6. The summed E-state index contributed by atoms with van der Waals surface area (Å²) in [7, 11) is 0. The molecule has 1 aliphatic rings. The molecule has 53 heavy (non-hydrogen) atoms. The van der Waals surface area contributed by atoms with E-state index in [4.69, 9.17) is 9.15 Å². The number of aliphatic hydroxyl groups excluding tert-OH is 1. The molecular formula is C41H50N4O7S. The average Bonchev–Trinajstić information content (AvgIpc) is 3.79. The number of aromatic nitrogens is 2. The van der Waals surface area contributed by atoms with Crippen molar-refractivity contribution in [2.75, 3.05) is 19.6 Å². The Bertz CT molecular complexity index is 2030. The van der Waals surface area contributed by atoms with Crippen molar-refractivity contribution in [1.82, 2.24) is 20.2 Å². The molecule has 2 heterocycles. The summed E-state index contributed by atoms with van der Waals surface area (Å²) in [5, 5.41) is 36.4. The number of fused-ring (bicyclic) bond motifs is 1. The molecule has 12 heteroatoms. The van der Waals surface area contributed by atoms with Gasteiger partial charge in [-0.1, -0.05) is 91.3 Å². The van der Waals surface area contributed by atoms with E-state index in [-0.39, 0.29) is 23.1 Å². The molecule has 5 aromatic rings. The minimum Gasteiger partial charge on any atom is -0.506 e. The number of hydrogen-bond acceptors (Lipinski definition) is 10. The van der Waals surface area contributed by atoms with Gasteiger partial charge in [-0.25, -0.2) is 9.78 Å².